The van der Waals surface area contributed by atoms with Gasteiger partial charge >= 0.3 is 0 Å². The number of fused-ring (bicyclic) bond motifs is 1. The Labute approximate surface area is 94.6 Å². The number of carbonyl (C=O) groups excluding carboxylic acids is 1. The number of anilines is 1. The van der Waals surface area contributed by atoms with E-state index in [1.54, 1.807) is 0 Å². The fourth-order valence-corrected chi connectivity index (χ4v) is 2.14. The third-order valence-corrected chi connectivity index (χ3v) is 2.83. The molecule has 1 aromatic rings. The highest BCUT2D eigenvalue weighted by Crippen LogP contribution is 2.37. The molecule has 1 N–H and O–H groups in total. The number of halogens is 1. The minimum atomic E-state index is -0.00734. The predicted octanol–water partition coefficient (Wildman–Crippen LogP) is 3.13. The highest BCUT2D eigenvalue weighted by atomic mass is 35.5. The minimum absolute atomic E-state index is 0.00734. The van der Waals surface area contributed by atoms with E-state index in [4.69, 9.17) is 11.6 Å². The van der Waals surface area contributed by atoms with E-state index in [0.29, 0.717) is 11.4 Å². The Bertz CT molecular complexity index is 432. The van der Waals surface area contributed by atoms with Crippen molar-refractivity contribution >= 4 is 23.2 Å². The molecule has 1 heterocycles. The summed E-state index contributed by atoms with van der Waals surface area (Å²) in [5.41, 5.74) is 3.07. The topological polar surface area (TPSA) is 29.1 Å². The van der Waals surface area contributed by atoms with Crippen molar-refractivity contribution in [3.8, 4) is 0 Å². The molecule has 0 bridgehead atoms. The molecule has 2 nitrogen and oxygen atoms in total. The monoisotopic (exact) mass is 223 g/mol. The zero-order valence-corrected chi connectivity index (χ0v) is 9.90. The Morgan fingerprint density at radius 3 is 2.60 bits per heavy atom. The molecular formula is C12H14ClNO. The predicted molar refractivity (Wildman–Crippen MR) is 62.5 cm³/mol. The fourth-order valence-electron chi connectivity index (χ4n) is 1.90. The molecule has 15 heavy (non-hydrogen) atoms. The summed E-state index contributed by atoms with van der Waals surface area (Å²) >= 11 is 6.04. The van der Waals surface area contributed by atoms with Crippen molar-refractivity contribution in [2.45, 2.75) is 32.6 Å². The molecule has 80 valence electrons. The summed E-state index contributed by atoms with van der Waals surface area (Å²) in [5, 5.41) is 3.61. The van der Waals surface area contributed by atoms with Gasteiger partial charge in [-0.3, -0.25) is 4.79 Å². The van der Waals surface area contributed by atoms with Crippen LogP contribution in [0.3, 0.4) is 0 Å². The molecule has 0 saturated carbocycles. The van der Waals surface area contributed by atoms with Crippen LogP contribution in [0, 0.1) is 0 Å². The van der Waals surface area contributed by atoms with Gasteiger partial charge in [0.1, 0.15) is 0 Å². The number of amides is 1. The van der Waals surface area contributed by atoms with E-state index >= 15 is 0 Å². The summed E-state index contributed by atoms with van der Waals surface area (Å²) < 4.78 is 0. The maximum Gasteiger partial charge on any atom is 0.228 e. The number of carbonyl (C=O) groups is 1. The first-order valence-electron chi connectivity index (χ1n) is 5.00. The third-order valence-electron chi connectivity index (χ3n) is 2.61. The molecule has 0 aromatic heterocycles. The van der Waals surface area contributed by atoms with Gasteiger partial charge in [0, 0.05) is 10.7 Å². The van der Waals surface area contributed by atoms with E-state index in [1.807, 2.05) is 12.1 Å². The third kappa shape index (κ3) is 1.86. The lowest BCUT2D eigenvalue weighted by Gasteiger charge is -2.22. The second-order valence-corrected chi connectivity index (χ2v) is 5.40. The molecule has 0 saturated heterocycles. The maximum atomic E-state index is 11.3. The summed E-state index contributed by atoms with van der Waals surface area (Å²) in [6, 6.07) is 3.80. The van der Waals surface area contributed by atoms with Gasteiger partial charge in [0.15, 0.2) is 0 Å². The van der Waals surface area contributed by atoms with Crippen LogP contribution < -0.4 is 5.32 Å². The van der Waals surface area contributed by atoms with Crippen molar-refractivity contribution < 1.29 is 4.79 Å². The number of rotatable bonds is 0. The molecule has 1 aliphatic heterocycles. The van der Waals surface area contributed by atoms with Crippen LogP contribution in [-0.4, -0.2) is 5.91 Å². The van der Waals surface area contributed by atoms with Crippen LogP contribution in [0.1, 0.15) is 31.9 Å². The number of benzene rings is 1. The molecule has 0 atom stereocenters. The van der Waals surface area contributed by atoms with Crippen molar-refractivity contribution in [1.82, 2.24) is 0 Å². The largest absolute Gasteiger partial charge is 0.325 e. The van der Waals surface area contributed by atoms with Crippen LogP contribution in [-0.2, 0) is 16.6 Å². The van der Waals surface area contributed by atoms with E-state index in [1.165, 1.54) is 0 Å². The van der Waals surface area contributed by atoms with E-state index in [0.717, 1.165) is 16.8 Å². The smallest absolute Gasteiger partial charge is 0.228 e. The lowest BCUT2D eigenvalue weighted by molar-refractivity contribution is -0.115. The summed E-state index contributed by atoms with van der Waals surface area (Å²) in [4.78, 5) is 11.3. The van der Waals surface area contributed by atoms with Gasteiger partial charge in [0.05, 0.1) is 6.42 Å². The number of nitrogens with one attached hydrogen (secondary N) is 1. The summed E-state index contributed by atoms with van der Waals surface area (Å²) in [6.45, 7) is 6.34. The van der Waals surface area contributed by atoms with Crippen LogP contribution in [0.2, 0.25) is 5.02 Å². The first-order valence-corrected chi connectivity index (χ1v) is 5.38. The Kier molecular flexibility index (Phi) is 2.27. The van der Waals surface area contributed by atoms with Crippen LogP contribution in [0.4, 0.5) is 5.69 Å². The van der Waals surface area contributed by atoms with Gasteiger partial charge in [-0.25, -0.2) is 0 Å². The lowest BCUT2D eigenvalue weighted by atomic mass is 9.85. The SMILES string of the molecule is CC(C)(C)c1cc(Cl)cc2c1NC(=O)C2. The van der Waals surface area contributed by atoms with E-state index in [2.05, 4.69) is 26.1 Å². The van der Waals surface area contributed by atoms with Crippen LogP contribution in [0.5, 0.6) is 0 Å². The Morgan fingerprint density at radius 2 is 2.00 bits per heavy atom. The fraction of sp³-hybridized carbons (Fsp3) is 0.417. The van der Waals surface area contributed by atoms with Gasteiger partial charge in [-0.1, -0.05) is 32.4 Å². The van der Waals surface area contributed by atoms with Gasteiger partial charge in [0.25, 0.3) is 0 Å². The van der Waals surface area contributed by atoms with Crippen molar-refractivity contribution in [2.24, 2.45) is 0 Å². The second-order valence-electron chi connectivity index (χ2n) is 4.96. The Morgan fingerprint density at radius 1 is 1.33 bits per heavy atom. The van der Waals surface area contributed by atoms with E-state index in [-0.39, 0.29) is 11.3 Å². The van der Waals surface area contributed by atoms with Crippen LogP contribution in [0.15, 0.2) is 12.1 Å². The summed E-state index contributed by atoms with van der Waals surface area (Å²) in [5.74, 6) is 0.0535. The molecule has 1 aliphatic rings. The van der Waals surface area contributed by atoms with E-state index in [9.17, 15) is 4.79 Å². The van der Waals surface area contributed by atoms with Crippen LogP contribution >= 0.6 is 11.6 Å². The Hall–Kier alpha value is -1.02. The van der Waals surface area contributed by atoms with Gasteiger partial charge in [-0.05, 0) is 28.7 Å². The highest BCUT2D eigenvalue weighted by Gasteiger charge is 2.26. The Balaban J connectivity index is 2.62. The van der Waals surface area contributed by atoms with Gasteiger partial charge in [-0.2, -0.15) is 0 Å². The first kappa shape index (κ1) is 10.5. The number of hydrogen-bond acceptors (Lipinski definition) is 1. The molecule has 0 spiro atoms. The van der Waals surface area contributed by atoms with Crippen molar-refractivity contribution in [3.05, 3.63) is 28.3 Å². The maximum absolute atomic E-state index is 11.3. The minimum Gasteiger partial charge on any atom is -0.325 e. The zero-order valence-electron chi connectivity index (χ0n) is 9.15. The number of hydrogen-bond donors (Lipinski definition) is 1. The highest BCUT2D eigenvalue weighted by molar-refractivity contribution is 6.31. The van der Waals surface area contributed by atoms with Crippen molar-refractivity contribution in [1.29, 1.82) is 0 Å². The summed E-state index contributed by atoms with van der Waals surface area (Å²) in [7, 11) is 0. The van der Waals surface area contributed by atoms with Gasteiger partial charge < -0.3 is 5.32 Å². The molecule has 0 unspecified atom stereocenters. The molecule has 0 fully saturated rings. The van der Waals surface area contributed by atoms with Gasteiger partial charge in [0.2, 0.25) is 5.91 Å². The molecular weight excluding hydrogens is 210 g/mol. The standard InChI is InChI=1S/C12H14ClNO/c1-12(2,3)9-6-8(13)4-7-5-10(15)14-11(7)9/h4,6H,5H2,1-3H3,(H,14,15). The first-order chi connectivity index (χ1) is 6.88. The zero-order chi connectivity index (χ0) is 11.2. The van der Waals surface area contributed by atoms with Crippen LogP contribution in [0.25, 0.3) is 0 Å². The normalized spacial score (nSPS) is 15.1. The van der Waals surface area contributed by atoms with E-state index < -0.39 is 0 Å². The lowest BCUT2D eigenvalue weighted by Crippen LogP contribution is -2.14. The van der Waals surface area contributed by atoms with Crippen molar-refractivity contribution in [2.75, 3.05) is 5.32 Å². The second kappa shape index (κ2) is 3.24. The molecule has 1 amide bonds. The molecule has 3 heteroatoms. The molecule has 0 aliphatic carbocycles. The molecule has 1 aromatic carbocycles. The molecule has 2 rings (SSSR count). The summed E-state index contributed by atoms with van der Waals surface area (Å²) in [6.07, 6.45) is 0.443. The molecule has 0 radical (unpaired) electrons. The average molecular weight is 224 g/mol. The average Bonchev–Trinajstić information content (AvgIpc) is 2.41. The van der Waals surface area contributed by atoms with Crippen molar-refractivity contribution in [3.63, 3.8) is 0 Å². The van der Waals surface area contributed by atoms with Gasteiger partial charge in [-0.15, -0.1) is 0 Å². The quantitative estimate of drug-likeness (QED) is 0.720.